The third-order valence-electron chi connectivity index (χ3n) is 3.98. The second-order valence-electron chi connectivity index (χ2n) is 6.18. The van der Waals surface area contributed by atoms with E-state index < -0.39 is 0 Å². The highest BCUT2D eigenvalue weighted by Crippen LogP contribution is 2.29. The largest absolute Gasteiger partial charge is 0.393 e. The van der Waals surface area contributed by atoms with Crippen LogP contribution in [0.5, 0.6) is 0 Å². The predicted octanol–water partition coefficient (Wildman–Crippen LogP) is 4.20. The molecule has 0 aliphatic heterocycles. The molecule has 1 atom stereocenters. The van der Waals surface area contributed by atoms with Gasteiger partial charge in [0.15, 0.2) is 0 Å². The predicted molar refractivity (Wildman–Crippen MR) is 95.9 cm³/mol. The van der Waals surface area contributed by atoms with E-state index >= 15 is 0 Å². The van der Waals surface area contributed by atoms with Gasteiger partial charge in [0.1, 0.15) is 0 Å². The summed E-state index contributed by atoms with van der Waals surface area (Å²) in [6.45, 7) is 6.82. The number of rotatable bonds is 5. The lowest BCUT2D eigenvalue weighted by Gasteiger charge is -2.12. The Hall–Kier alpha value is -1.91. The van der Waals surface area contributed by atoms with Crippen molar-refractivity contribution in [1.82, 2.24) is 9.55 Å². The van der Waals surface area contributed by atoms with E-state index in [0.29, 0.717) is 6.42 Å². The fraction of sp³-hybridized carbons (Fsp3) is 0.316. The van der Waals surface area contributed by atoms with Crippen LogP contribution in [0, 0.1) is 13.8 Å². The summed E-state index contributed by atoms with van der Waals surface area (Å²) in [7, 11) is 0. The van der Waals surface area contributed by atoms with Crippen molar-refractivity contribution in [1.29, 1.82) is 0 Å². The summed E-state index contributed by atoms with van der Waals surface area (Å²) in [5.74, 6) is 0. The lowest BCUT2D eigenvalue weighted by atomic mass is 10.1. The maximum Gasteiger partial charge on any atom is 0.0959 e. The van der Waals surface area contributed by atoms with Crippen LogP contribution in [0.2, 0.25) is 0 Å². The van der Waals surface area contributed by atoms with E-state index in [1.54, 1.807) is 11.3 Å². The molecule has 4 heteroatoms. The van der Waals surface area contributed by atoms with E-state index in [1.807, 2.05) is 13.3 Å². The molecule has 3 aromatic rings. The molecule has 0 saturated carbocycles. The van der Waals surface area contributed by atoms with Crippen molar-refractivity contribution in [3.63, 3.8) is 0 Å². The Kier molecular flexibility index (Phi) is 4.64. The topological polar surface area (TPSA) is 38.0 Å². The first-order chi connectivity index (χ1) is 11.0. The molecule has 3 rings (SSSR count). The third-order valence-corrected chi connectivity index (χ3v) is 4.84. The fourth-order valence-electron chi connectivity index (χ4n) is 2.87. The van der Waals surface area contributed by atoms with Gasteiger partial charge in [-0.3, -0.25) is 0 Å². The number of aliphatic hydroxyl groups excluding tert-OH is 1. The summed E-state index contributed by atoms with van der Waals surface area (Å²) in [6.07, 6.45) is 2.11. The highest BCUT2D eigenvalue weighted by Gasteiger charge is 2.17. The number of aliphatic hydroxyl groups is 1. The highest BCUT2D eigenvalue weighted by molar-refractivity contribution is 7.08. The van der Waals surface area contributed by atoms with Gasteiger partial charge in [-0.05, 0) is 37.3 Å². The van der Waals surface area contributed by atoms with Crippen LogP contribution in [0.15, 0.2) is 41.4 Å². The third kappa shape index (κ3) is 3.54. The van der Waals surface area contributed by atoms with Crippen LogP contribution in [0.4, 0.5) is 0 Å². The van der Waals surface area contributed by atoms with Crippen LogP contribution in [0.1, 0.15) is 29.3 Å². The molecule has 0 bridgehead atoms. The van der Waals surface area contributed by atoms with Crippen LogP contribution in [0.3, 0.4) is 0 Å². The Balaban J connectivity index is 2.00. The van der Waals surface area contributed by atoms with Crippen molar-refractivity contribution >= 4 is 11.3 Å². The number of nitrogens with zero attached hydrogens (tertiary/aromatic N) is 2. The van der Waals surface area contributed by atoms with Crippen molar-refractivity contribution in [2.75, 3.05) is 0 Å². The zero-order valence-corrected chi connectivity index (χ0v) is 14.6. The minimum absolute atomic E-state index is 0.388. The van der Waals surface area contributed by atoms with Crippen molar-refractivity contribution in [2.45, 2.75) is 39.8 Å². The monoisotopic (exact) mass is 326 g/mol. The fourth-order valence-corrected chi connectivity index (χ4v) is 3.71. The van der Waals surface area contributed by atoms with Gasteiger partial charge in [-0.15, -0.1) is 0 Å². The molecular weight excluding hydrogens is 304 g/mol. The second-order valence-corrected chi connectivity index (χ2v) is 6.92. The SMILES string of the molecule is Cc1cccc(Cn2cnc(-c3cscc3C)c2CC(C)O)c1. The van der Waals surface area contributed by atoms with E-state index in [0.717, 1.165) is 17.9 Å². The normalized spacial score (nSPS) is 12.5. The summed E-state index contributed by atoms with van der Waals surface area (Å²) in [5.41, 5.74) is 7.02. The first kappa shape index (κ1) is 16.0. The lowest BCUT2D eigenvalue weighted by molar-refractivity contribution is 0.193. The summed E-state index contributed by atoms with van der Waals surface area (Å²) in [4.78, 5) is 4.65. The maximum atomic E-state index is 9.91. The minimum atomic E-state index is -0.388. The number of imidazole rings is 1. The molecule has 0 radical (unpaired) electrons. The Labute approximate surface area is 141 Å². The number of aryl methyl sites for hydroxylation is 2. The molecule has 2 heterocycles. The zero-order valence-electron chi connectivity index (χ0n) is 13.8. The summed E-state index contributed by atoms with van der Waals surface area (Å²) < 4.78 is 2.16. The van der Waals surface area contributed by atoms with E-state index in [-0.39, 0.29) is 6.10 Å². The van der Waals surface area contributed by atoms with Gasteiger partial charge in [-0.2, -0.15) is 11.3 Å². The standard InChI is InChI=1S/C19H22N2OS/c1-13-5-4-6-16(7-13)9-21-12-20-19(18(21)8-15(3)22)17-11-23-10-14(17)2/h4-7,10-12,15,22H,8-9H2,1-3H3. The van der Waals surface area contributed by atoms with E-state index in [2.05, 4.69) is 58.4 Å². The van der Waals surface area contributed by atoms with Crippen LogP contribution in [-0.2, 0) is 13.0 Å². The molecule has 0 saturated heterocycles. The van der Waals surface area contributed by atoms with Gasteiger partial charge in [-0.1, -0.05) is 29.8 Å². The second kappa shape index (κ2) is 6.69. The van der Waals surface area contributed by atoms with Gasteiger partial charge in [-0.25, -0.2) is 4.98 Å². The summed E-state index contributed by atoms with van der Waals surface area (Å²) in [6, 6.07) is 8.52. The molecule has 3 nitrogen and oxygen atoms in total. The van der Waals surface area contributed by atoms with Gasteiger partial charge < -0.3 is 9.67 Å². The average Bonchev–Trinajstić information content (AvgIpc) is 3.06. The Morgan fingerprint density at radius 2 is 2.09 bits per heavy atom. The van der Waals surface area contributed by atoms with Crippen LogP contribution in [-0.4, -0.2) is 20.8 Å². The maximum absolute atomic E-state index is 9.91. The van der Waals surface area contributed by atoms with E-state index in [4.69, 9.17) is 0 Å². The molecule has 0 aliphatic rings. The molecule has 23 heavy (non-hydrogen) atoms. The van der Waals surface area contributed by atoms with Gasteiger partial charge in [0.25, 0.3) is 0 Å². The molecule has 0 spiro atoms. The van der Waals surface area contributed by atoms with Gasteiger partial charge in [0.2, 0.25) is 0 Å². The molecule has 1 unspecified atom stereocenters. The minimum Gasteiger partial charge on any atom is -0.393 e. The van der Waals surface area contributed by atoms with Crippen molar-refractivity contribution in [2.24, 2.45) is 0 Å². The summed E-state index contributed by atoms with van der Waals surface area (Å²) >= 11 is 1.69. The van der Waals surface area contributed by atoms with E-state index in [1.165, 1.54) is 22.3 Å². The highest BCUT2D eigenvalue weighted by atomic mass is 32.1. The number of hydrogen-bond donors (Lipinski definition) is 1. The Morgan fingerprint density at radius 3 is 2.74 bits per heavy atom. The van der Waals surface area contributed by atoms with Crippen LogP contribution >= 0.6 is 11.3 Å². The molecular formula is C19H22N2OS. The van der Waals surface area contributed by atoms with Gasteiger partial charge in [0, 0.05) is 29.6 Å². The molecule has 1 aromatic carbocycles. The van der Waals surface area contributed by atoms with Crippen LogP contribution in [0.25, 0.3) is 11.3 Å². The first-order valence-corrected chi connectivity index (χ1v) is 8.79. The Bertz CT molecular complexity index is 801. The molecule has 0 amide bonds. The molecule has 0 aliphatic carbocycles. The Morgan fingerprint density at radius 1 is 1.26 bits per heavy atom. The molecule has 0 fully saturated rings. The van der Waals surface area contributed by atoms with E-state index in [9.17, 15) is 5.11 Å². The van der Waals surface area contributed by atoms with Crippen molar-refractivity contribution < 1.29 is 5.11 Å². The number of benzene rings is 1. The van der Waals surface area contributed by atoms with Gasteiger partial charge in [0.05, 0.1) is 18.1 Å². The van der Waals surface area contributed by atoms with Crippen molar-refractivity contribution in [3.05, 3.63) is 63.7 Å². The smallest absolute Gasteiger partial charge is 0.0959 e. The van der Waals surface area contributed by atoms with Crippen molar-refractivity contribution in [3.8, 4) is 11.3 Å². The number of aromatic nitrogens is 2. The zero-order chi connectivity index (χ0) is 16.4. The first-order valence-electron chi connectivity index (χ1n) is 7.85. The molecule has 2 aromatic heterocycles. The quantitative estimate of drug-likeness (QED) is 0.763. The average molecular weight is 326 g/mol. The number of thiophene rings is 1. The molecule has 120 valence electrons. The van der Waals surface area contributed by atoms with Gasteiger partial charge >= 0.3 is 0 Å². The lowest BCUT2D eigenvalue weighted by Crippen LogP contribution is -2.11. The molecule has 1 N–H and O–H groups in total. The van der Waals surface area contributed by atoms with Crippen LogP contribution < -0.4 is 0 Å². The number of hydrogen-bond acceptors (Lipinski definition) is 3. The summed E-state index contributed by atoms with van der Waals surface area (Å²) in [5, 5.41) is 14.2.